The molecule has 2 rings (SSSR count). The number of nitrogens with zero attached hydrogens (tertiary/aromatic N) is 2. The molecule has 1 aromatic rings. The van der Waals surface area contributed by atoms with E-state index in [1.807, 2.05) is 31.2 Å². The normalized spacial score (nSPS) is 19.6. The smallest absolute Gasteiger partial charge is 0.146 e. The van der Waals surface area contributed by atoms with Crippen LogP contribution in [0.4, 0.5) is 10.2 Å². The molecular weight excluding hydrogens is 327 g/mol. The molecule has 1 fully saturated rings. The van der Waals surface area contributed by atoms with Crippen LogP contribution in [-0.2, 0) is 0 Å². The van der Waals surface area contributed by atoms with Gasteiger partial charge in [-0.1, -0.05) is 25.1 Å². The van der Waals surface area contributed by atoms with Crippen LogP contribution in [0.5, 0.6) is 0 Å². The largest absolute Gasteiger partial charge is 0.317 e. The van der Waals surface area contributed by atoms with E-state index in [0.717, 1.165) is 56.7 Å². The van der Waals surface area contributed by atoms with Gasteiger partial charge in [-0.3, -0.25) is 5.01 Å². The predicted octanol–water partition coefficient (Wildman–Crippen LogP) is 4.64. The van der Waals surface area contributed by atoms with Gasteiger partial charge in [0.25, 0.3) is 0 Å². The molecule has 0 spiro atoms. The van der Waals surface area contributed by atoms with E-state index in [0.29, 0.717) is 12.3 Å². The summed E-state index contributed by atoms with van der Waals surface area (Å²) in [5.41, 5.74) is 1.12. The van der Waals surface area contributed by atoms with Gasteiger partial charge in [0.1, 0.15) is 11.6 Å². The summed E-state index contributed by atoms with van der Waals surface area (Å²) in [5, 5.41) is 5.17. The van der Waals surface area contributed by atoms with Crippen molar-refractivity contribution in [3.8, 4) is 0 Å². The minimum Gasteiger partial charge on any atom is -0.317 e. The molecule has 1 aromatic heterocycles. The molecule has 1 atom stereocenters. The zero-order valence-electron chi connectivity index (χ0n) is 15.7. The van der Waals surface area contributed by atoms with Crippen molar-refractivity contribution < 1.29 is 4.39 Å². The molecule has 0 bridgehead atoms. The van der Waals surface area contributed by atoms with Gasteiger partial charge < -0.3 is 5.32 Å². The highest BCUT2D eigenvalue weighted by Gasteiger charge is 2.21. The first-order chi connectivity index (χ1) is 12.7. The second-order valence-corrected chi connectivity index (χ2v) is 6.54. The van der Waals surface area contributed by atoms with E-state index in [1.165, 1.54) is 0 Å². The number of unbranched alkanes of at least 4 members (excludes halogenated alkanes) is 1. The lowest BCUT2D eigenvalue weighted by Gasteiger charge is -2.27. The van der Waals surface area contributed by atoms with Gasteiger partial charge in [0.2, 0.25) is 0 Å². The predicted molar refractivity (Wildman–Crippen MR) is 107 cm³/mol. The molecule has 0 amide bonds. The number of rotatable bonds is 8. The highest BCUT2D eigenvalue weighted by molar-refractivity contribution is 5.44. The van der Waals surface area contributed by atoms with E-state index < -0.39 is 0 Å². The van der Waals surface area contributed by atoms with Crippen LogP contribution in [0.15, 0.2) is 60.2 Å². The maximum atomic E-state index is 13.4. The van der Waals surface area contributed by atoms with Gasteiger partial charge >= 0.3 is 0 Å². The molecule has 1 saturated heterocycles. The Hall–Kier alpha value is -1.98. The molecule has 0 radical (unpaired) electrons. The minimum atomic E-state index is -0.166. The number of aromatic nitrogens is 1. The molecule has 3 N–H and O–H groups in total. The number of hydrogen-bond donors (Lipinski definition) is 2. The Morgan fingerprint density at radius 2 is 2.19 bits per heavy atom. The van der Waals surface area contributed by atoms with E-state index in [4.69, 9.17) is 5.84 Å². The van der Waals surface area contributed by atoms with Crippen molar-refractivity contribution in [2.24, 2.45) is 11.8 Å². The molecule has 26 heavy (non-hydrogen) atoms. The molecule has 0 aromatic carbocycles. The zero-order valence-corrected chi connectivity index (χ0v) is 15.7. The summed E-state index contributed by atoms with van der Waals surface area (Å²) in [6, 6.07) is 5.76. The van der Waals surface area contributed by atoms with E-state index in [-0.39, 0.29) is 5.83 Å². The fourth-order valence-corrected chi connectivity index (χ4v) is 3.19. The highest BCUT2D eigenvalue weighted by atomic mass is 19.1. The van der Waals surface area contributed by atoms with Gasteiger partial charge in [0, 0.05) is 17.8 Å². The first-order valence-electron chi connectivity index (χ1n) is 9.61. The first kappa shape index (κ1) is 20.3. The van der Waals surface area contributed by atoms with Gasteiger partial charge in [0.05, 0.1) is 0 Å². The average molecular weight is 359 g/mol. The number of hydrogen-bond acceptors (Lipinski definition) is 4. The lowest BCUT2D eigenvalue weighted by molar-refractivity contribution is 0.524. The third-order valence-electron chi connectivity index (χ3n) is 4.53. The Labute approximate surface area is 156 Å². The third-order valence-corrected chi connectivity index (χ3v) is 4.53. The highest BCUT2D eigenvalue weighted by Crippen LogP contribution is 2.27. The molecule has 1 unspecified atom stereocenters. The third kappa shape index (κ3) is 6.73. The Morgan fingerprint density at radius 3 is 2.96 bits per heavy atom. The van der Waals surface area contributed by atoms with Crippen molar-refractivity contribution in [1.29, 1.82) is 0 Å². The monoisotopic (exact) mass is 358 g/mol. The van der Waals surface area contributed by atoms with Crippen molar-refractivity contribution in [2.75, 3.05) is 18.1 Å². The summed E-state index contributed by atoms with van der Waals surface area (Å²) in [4.78, 5) is 4.38. The lowest BCUT2D eigenvalue weighted by atomic mass is 9.95. The second kappa shape index (κ2) is 11.6. The first-order valence-corrected chi connectivity index (χ1v) is 9.61. The van der Waals surface area contributed by atoms with Crippen LogP contribution in [0.3, 0.4) is 0 Å². The van der Waals surface area contributed by atoms with E-state index in [1.54, 1.807) is 23.4 Å². The molecule has 1 aliphatic heterocycles. The quantitative estimate of drug-likeness (QED) is 0.308. The van der Waals surface area contributed by atoms with Gasteiger partial charge in [0.15, 0.2) is 0 Å². The fraction of sp³-hybridized carbons (Fsp3) is 0.476. The van der Waals surface area contributed by atoms with Crippen molar-refractivity contribution in [3.05, 3.63) is 60.2 Å². The van der Waals surface area contributed by atoms with Gasteiger partial charge in [-0.05, 0) is 75.9 Å². The summed E-state index contributed by atoms with van der Waals surface area (Å²) >= 11 is 0. The Kier molecular flexibility index (Phi) is 9.07. The van der Waals surface area contributed by atoms with Crippen molar-refractivity contribution >= 4 is 5.82 Å². The van der Waals surface area contributed by atoms with Crippen LogP contribution in [0.25, 0.3) is 0 Å². The molecule has 5 heteroatoms. The number of halogens is 1. The van der Waals surface area contributed by atoms with Gasteiger partial charge in [-0.2, -0.15) is 0 Å². The number of pyridine rings is 1. The van der Waals surface area contributed by atoms with Gasteiger partial charge in [-0.15, -0.1) is 0 Å². The Bertz CT molecular complexity index is 602. The average Bonchev–Trinajstić information content (AvgIpc) is 2.94. The van der Waals surface area contributed by atoms with Crippen molar-refractivity contribution in [1.82, 2.24) is 10.3 Å². The maximum Gasteiger partial charge on any atom is 0.146 e. The maximum absolute atomic E-state index is 13.4. The fourth-order valence-electron chi connectivity index (χ4n) is 3.19. The van der Waals surface area contributed by atoms with Crippen molar-refractivity contribution in [3.63, 3.8) is 0 Å². The lowest BCUT2D eigenvalue weighted by Crippen LogP contribution is -2.34. The van der Waals surface area contributed by atoms with Crippen LogP contribution in [-0.4, -0.2) is 18.1 Å². The number of nitrogens with two attached hydrogens (primary N) is 1. The summed E-state index contributed by atoms with van der Waals surface area (Å²) < 4.78 is 13.4. The number of allylic oxidation sites excluding steroid dienone is 6. The molecule has 0 saturated carbocycles. The van der Waals surface area contributed by atoms with E-state index >= 15 is 0 Å². The molecule has 0 aliphatic carbocycles. The summed E-state index contributed by atoms with van der Waals surface area (Å²) in [6.07, 6.45) is 14.6. The van der Waals surface area contributed by atoms with Crippen molar-refractivity contribution in [2.45, 2.75) is 45.4 Å². The summed E-state index contributed by atoms with van der Waals surface area (Å²) in [6.45, 7) is 3.99. The minimum absolute atomic E-state index is 0.166. The second-order valence-electron chi connectivity index (χ2n) is 6.54. The van der Waals surface area contributed by atoms with Crippen LogP contribution in [0.2, 0.25) is 0 Å². The molecule has 1 aliphatic rings. The van der Waals surface area contributed by atoms with Crippen LogP contribution in [0, 0.1) is 5.92 Å². The standard InChI is InChI=1S/C21H31FN4/c1-2-9-19(22)11-4-3-5-12-20(18-10-8-15-24-17-14-18)26(23)21-13-6-7-16-25-21/h4,6-7,9,11-13,16,18,24H,2-3,5,8,10,14-15,17,23H2,1H3/b11-4-,19-9+,20-12-. The van der Waals surface area contributed by atoms with Gasteiger partial charge in [-0.25, -0.2) is 15.2 Å². The van der Waals surface area contributed by atoms with Crippen LogP contribution >= 0.6 is 0 Å². The molecule has 2 heterocycles. The molecular formula is C21H31FN4. The Morgan fingerprint density at radius 1 is 1.31 bits per heavy atom. The summed E-state index contributed by atoms with van der Waals surface area (Å²) in [7, 11) is 0. The summed E-state index contributed by atoms with van der Waals surface area (Å²) in [5.74, 6) is 7.42. The number of hydrazine groups is 1. The molecule has 142 valence electrons. The zero-order chi connectivity index (χ0) is 18.6. The van der Waals surface area contributed by atoms with E-state index in [2.05, 4.69) is 16.4 Å². The number of anilines is 1. The Balaban J connectivity index is 2.08. The van der Waals surface area contributed by atoms with E-state index in [9.17, 15) is 4.39 Å². The van der Waals surface area contributed by atoms with Crippen LogP contribution in [0.1, 0.15) is 45.4 Å². The topological polar surface area (TPSA) is 54.2 Å². The van der Waals surface area contributed by atoms with Crippen LogP contribution < -0.4 is 16.2 Å². The molecule has 4 nitrogen and oxygen atoms in total. The number of nitrogens with one attached hydrogen (secondary N) is 1. The SMILES string of the molecule is CC/C=C(F)\C=C/CC/C=C(/C1CCCNCC1)N(N)c1ccccn1.